The number of alkyl halides is 3. The zero-order valence-corrected chi connectivity index (χ0v) is 14.1. The Morgan fingerprint density at radius 1 is 1.00 bits per heavy atom. The van der Waals surface area contributed by atoms with Crippen molar-refractivity contribution in [3.05, 3.63) is 47.7 Å². The van der Waals surface area contributed by atoms with Crippen molar-refractivity contribution in [2.75, 3.05) is 36.4 Å². The number of carbonyl (C=O) groups excluding carboxylic acids is 1. The van der Waals surface area contributed by atoms with E-state index < -0.39 is 11.7 Å². The van der Waals surface area contributed by atoms with Gasteiger partial charge in [0.15, 0.2) is 5.82 Å². The molecule has 1 aliphatic heterocycles. The second-order valence-corrected chi connectivity index (χ2v) is 6.01. The number of benzene rings is 1. The van der Waals surface area contributed by atoms with Crippen molar-refractivity contribution in [1.82, 2.24) is 15.1 Å². The number of aryl methyl sites for hydroxylation is 1. The molecule has 138 valence electrons. The van der Waals surface area contributed by atoms with Crippen molar-refractivity contribution < 1.29 is 18.0 Å². The van der Waals surface area contributed by atoms with Crippen molar-refractivity contribution in [3.63, 3.8) is 0 Å². The molecule has 0 saturated carbocycles. The molecular weight excluding hydrogens is 347 g/mol. The van der Waals surface area contributed by atoms with Gasteiger partial charge in [0.1, 0.15) is 0 Å². The van der Waals surface area contributed by atoms with E-state index in [1.807, 2.05) is 24.0 Å². The first kappa shape index (κ1) is 18.0. The molecule has 0 aliphatic carbocycles. The average molecular weight is 365 g/mol. The number of nitrogens with zero attached hydrogens (tertiary/aromatic N) is 4. The molecule has 6 nitrogen and oxygen atoms in total. The number of halogens is 3. The van der Waals surface area contributed by atoms with Gasteiger partial charge in [-0.15, -0.1) is 5.10 Å². The molecule has 1 aromatic heterocycles. The van der Waals surface area contributed by atoms with Crippen LogP contribution in [-0.2, 0) is 6.18 Å². The summed E-state index contributed by atoms with van der Waals surface area (Å²) < 4.78 is 37.7. The van der Waals surface area contributed by atoms with Gasteiger partial charge in [-0.1, -0.05) is 0 Å². The van der Waals surface area contributed by atoms with Crippen molar-refractivity contribution in [3.8, 4) is 0 Å². The van der Waals surface area contributed by atoms with Crippen LogP contribution in [0.2, 0.25) is 0 Å². The van der Waals surface area contributed by atoms with Crippen molar-refractivity contribution in [2.24, 2.45) is 0 Å². The Morgan fingerprint density at radius 2 is 1.65 bits per heavy atom. The lowest BCUT2D eigenvalue weighted by Gasteiger charge is -2.35. The van der Waals surface area contributed by atoms with E-state index in [0.717, 1.165) is 23.6 Å². The molecule has 1 N–H and O–H groups in total. The van der Waals surface area contributed by atoms with Crippen LogP contribution in [-0.4, -0.2) is 47.3 Å². The van der Waals surface area contributed by atoms with Crippen molar-refractivity contribution in [2.45, 2.75) is 13.1 Å². The van der Waals surface area contributed by atoms with Gasteiger partial charge in [0.2, 0.25) is 0 Å². The van der Waals surface area contributed by atoms with Gasteiger partial charge in [0.25, 0.3) is 0 Å². The predicted octanol–water partition coefficient (Wildman–Crippen LogP) is 3.16. The zero-order chi connectivity index (χ0) is 18.7. The smallest absolute Gasteiger partial charge is 0.352 e. The molecule has 0 spiro atoms. The molecule has 2 aromatic rings. The maximum Gasteiger partial charge on any atom is 0.416 e. The number of amides is 2. The van der Waals surface area contributed by atoms with Gasteiger partial charge in [-0.25, -0.2) is 4.79 Å². The van der Waals surface area contributed by atoms with E-state index in [4.69, 9.17) is 0 Å². The van der Waals surface area contributed by atoms with E-state index in [2.05, 4.69) is 15.5 Å². The maximum absolute atomic E-state index is 12.6. The number of carbonyl (C=O) groups is 1. The largest absolute Gasteiger partial charge is 0.416 e. The molecule has 0 radical (unpaired) electrons. The van der Waals surface area contributed by atoms with Gasteiger partial charge in [0.05, 0.1) is 11.3 Å². The van der Waals surface area contributed by atoms with Crippen LogP contribution in [0.1, 0.15) is 11.3 Å². The first-order chi connectivity index (χ1) is 12.3. The lowest BCUT2D eigenvalue weighted by atomic mass is 10.2. The Bertz CT molecular complexity index is 753. The maximum atomic E-state index is 12.6. The zero-order valence-electron chi connectivity index (χ0n) is 14.1. The molecule has 1 fully saturated rings. The average Bonchev–Trinajstić information content (AvgIpc) is 2.62. The third-order valence-electron chi connectivity index (χ3n) is 4.14. The van der Waals surface area contributed by atoms with E-state index in [0.29, 0.717) is 31.9 Å². The van der Waals surface area contributed by atoms with E-state index in [1.165, 1.54) is 12.1 Å². The highest BCUT2D eigenvalue weighted by Crippen LogP contribution is 2.29. The quantitative estimate of drug-likeness (QED) is 0.888. The number of piperazine rings is 1. The van der Waals surface area contributed by atoms with Crippen LogP contribution < -0.4 is 10.2 Å². The summed E-state index contributed by atoms with van der Waals surface area (Å²) >= 11 is 0. The van der Waals surface area contributed by atoms with Crippen LogP contribution >= 0.6 is 0 Å². The lowest BCUT2D eigenvalue weighted by molar-refractivity contribution is -0.137. The van der Waals surface area contributed by atoms with E-state index in [9.17, 15) is 18.0 Å². The van der Waals surface area contributed by atoms with Crippen LogP contribution in [0.3, 0.4) is 0 Å². The monoisotopic (exact) mass is 365 g/mol. The van der Waals surface area contributed by atoms with Crippen LogP contribution in [0.25, 0.3) is 0 Å². The van der Waals surface area contributed by atoms with Gasteiger partial charge in [0, 0.05) is 31.9 Å². The molecule has 0 atom stereocenters. The lowest BCUT2D eigenvalue weighted by Crippen LogP contribution is -2.50. The summed E-state index contributed by atoms with van der Waals surface area (Å²) in [6.07, 6.45) is -4.39. The number of aromatic nitrogens is 2. The number of urea groups is 1. The SMILES string of the molecule is Cc1ccc(N2CCN(C(=O)Nc3ccc(C(F)(F)F)cc3)CC2)nn1. The number of hydrogen-bond donors (Lipinski definition) is 1. The molecule has 1 aliphatic rings. The normalized spacial score (nSPS) is 15.1. The van der Waals surface area contributed by atoms with Gasteiger partial charge in [-0.2, -0.15) is 18.3 Å². The molecule has 26 heavy (non-hydrogen) atoms. The summed E-state index contributed by atoms with van der Waals surface area (Å²) in [4.78, 5) is 15.9. The van der Waals surface area contributed by atoms with Crippen molar-refractivity contribution >= 4 is 17.5 Å². The van der Waals surface area contributed by atoms with Crippen LogP contribution in [0.4, 0.5) is 29.5 Å². The highest BCUT2D eigenvalue weighted by molar-refractivity contribution is 5.89. The first-order valence-electron chi connectivity index (χ1n) is 8.11. The Morgan fingerprint density at radius 3 is 2.19 bits per heavy atom. The second kappa shape index (κ2) is 7.19. The Balaban J connectivity index is 1.54. The number of rotatable bonds is 2. The summed E-state index contributed by atoms with van der Waals surface area (Å²) in [5, 5.41) is 10.8. The minimum Gasteiger partial charge on any atom is -0.352 e. The summed E-state index contributed by atoms with van der Waals surface area (Å²) in [5.74, 6) is 0.762. The summed E-state index contributed by atoms with van der Waals surface area (Å²) in [7, 11) is 0. The summed E-state index contributed by atoms with van der Waals surface area (Å²) in [6, 6.07) is 7.83. The summed E-state index contributed by atoms with van der Waals surface area (Å²) in [5.41, 5.74) is 0.418. The Labute approximate surface area is 148 Å². The molecule has 0 bridgehead atoms. The molecule has 1 saturated heterocycles. The predicted molar refractivity (Wildman–Crippen MR) is 91.0 cm³/mol. The van der Waals surface area contributed by atoms with E-state index in [1.54, 1.807) is 4.90 Å². The standard InChI is InChI=1S/C17H18F3N5O/c1-12-2-7-15(23-22-12)24-8-10-25(11-9-24)16(26)21-14-5-3-13(4-6-14)17(18,19)20/h2-7H,8-11H2,1H3,(H,21,26). The van der Waals surface area contributed by atoms with Gasteiger partial charge >= 0.3 is 12.2 Å². The molecule has 3 rings (SSSR count). The molecule has 9 heteroatoms. The highest BCUT2D eigenvalue weighted by Gasteiger charge is 2.30. The second-order valence-electron chi connectivity index (χ2n) is 6.01. The topological polar surface area (TPSA) is 61.4 Å². The Hall–Kier alpha value is -2.84. The Kier molecular flexibility index (Phi) is 4.97. The molecule has 0 unspecified atom stereocenters. The van der Waals surface area contributed by atoms with Gasteiger partial charge in [-0.05, 0) is 43.3 Å². The first-order valence-corrected chi connectivity index (χ1v) is 8.11. The van der Waals surface area contributed by atoms with E-state index in [-0.39, 0.29) is 6.03 Å². The molecule has 2 amide bonds. The third kappa shape index (κ3) is 4.22. The fourth-order valence-electron chi connectivity index (χ4n) is 2.64. The van der Waals surface area contributed by atoms with Crippen LogP contribution in [0.15, 0.2) is 36.4 Å². The fourth-order valence-corrected chi connectivity index (χ4v) is 2.64. The van der Waals surface area contributed by atoms with Crippen molar-refractivity contribution in [1.29, 1.82) is 0 Å². The van der Waals surface area contributed by atoms with Gasteiger partial charge < -0.3 is 15.1 Å². The van der Waals surface area contributed by atoms with E-state index >= 15 is 0 Å². The van der Waals surface area contributed by atoms with Gasteiger partial charge in [-0.3, -0.25) is 0 Å². The third-order valence-corrected chi connectivity index (χ3v) is 4.14. The molecule has 1 aromatic carbocycles. The number of anilines is 2. The number of nitrogens with one attached hydrogen (secondary N) is 1. The fraction of sp³-hybridized carbons (Fsp3) is 0.353. The summed E-state index contributed by atoms with van der Waals surface area (Å²) in [6.45, 7) is 4.06. The molecule has 2 heterocycles. The van der Waals surface area contributed by atoms with Crippen LogP contribution in [0, 0.1) is 6.92 Å². The highest BCUT2D eigenvalue weighted by atomic mass is 19.4. The van der Waals surface area contributed by atoms with Crippen LogP contribution in [0.5, 0.6) is 0 Å². The number of hydrogen-bond acceptors (Lipinski definition) is 4. The minimum atomic E-state index is -4.39. The molecular formula is C17H18F3N5O. The minimum absolute atomic E-state index is 0.329.